The average Bonchev–Trinajstić information content (AvgIpc) is 2.66. The Morgan fingerprint density at radius 3 is 2.57 bits per heavy atom. The molecule has 1 aromatic rings. The van der Waals surface area contributed by atoms with E-state index in [1.54, 1.807) is 18.9 Å². The summed E-state index contributed by atoms with van der Waals surface area (Å²) in [6.45, 7) is 5.20. The molecule has 0 saturated carbocycles. The monoisotopic (exact) mass is 397 g/mol. The highest BCUT2D eigenvalue weighted by atomic mass is 32.2. The lowest BCUT2D eigenvalue weighted by molar-refractivity contribution is -0.118. The number of hydrogen-bond acceptors (Lipinski definition) is 6. The predicted octanol–water partition coefficient (Wildman–Crippen LogP) is 3.79. The molecule has 1 aliphatic heterocycles. The number of benzene rings is 1. The van der Waals surface area contributed by atoms with Crippen molar-refractivity contribution in [3.05, 3.63) is 52.5 Å². The zero-order chi connectivity index (χ0) is 20.5. The molecular formula is C22H27N3O2S. The summed E-state index contributed by atoms with van der Waals surface area (Å²) in [6, 6.07) is 10.4. The summed E-state index contributed by atoms with van der Waals surface area (Å²) >= 11 is 1.66. The van der Waals surface area contributed by atoms with Crippen molar-refractivity contribution in [1.82, 2.24) is 4.90 Å². The first-order chi connectivity index (χ1) is 13.3. The van der Waals surface area contributed by atoms with Gasteiger partial charge in [-0.15, -0.1) is 11.8 Å². The smallest absolute Gasteiger partial charge is 0.162 e. The summed E-state index contributed by atoms with van der Waals surface area (Å²) in [5, 5.41) is 9.93. The number of nitriles is 1. The van der Waals surface area contributed by atoms with Gasteiger partial charge in [0, 0.05) is 36.2 Å². The number of hydrogen-bond donors (Lipinski definition) is 1. The molecular weight excluding hydrogens is 370 g/mol. The molecule has 5 nitrogen and oxygen atoms in total. The molecule has 1 aliphatic carbocycles. The number of methoxy groups -OCH3 is 1. The molecule has 6 heteroatoms. The van der Waals surface area contributed by atoms with E-state index < -0.39 is 5.92 Å². The van der Waals surface area contributed by atoms with Crippen LogP contribution in [0.3, 0.4) is 0 Å². The Balaban J connectivity index is 2.18. The molecule has 0 unspecified atom stereocenters. The molecule has 0 amide bonds. The van der Waals surface area contributed by atoms with E-state index in [9.17, 15) is 10.1 Å². The van der Waals surface area contributed by atoms with E-state index in [4.69, 9.17) is 10.5 Å². The summed E-state index contributed by atoms with van der Waals surface area (Å²) in [5.74, 6) is 0.133. The fourth-order valence-corrected chi connectivity index (χ4v) is 4.55. The summed E-state index contributed by atoms with van der Waals surface area (Å²) < 4.78 is 5.24. The third-order valence-electron chi connectivity index (χ3n) is 5.45. The van der Waals surface area contributed by atoms with Gasteiger partial charge in [-0.1, -0.05) is 26.0 Å². The summed E-state index contributed by atoms with van der Waals surface area (Å²) in [5.41, 5.74) is 9.38. The normalized spacial score (nSPS) is 21.6. The van der Waals surface area contributed by atoms with Gasteiger partial charge < -0.3 is 15.4 Å². The van der Waals surface area contributed by atoms with Crippen LogP contribution >= 0.6 is 11.8 Å². The van der Waals surface area contributed by atoms with Crippen LogP contribution in [0.1, 0.15) is 38.2 Å². The van der Waals surface area contributed by atoms with Gasteiger partial charge in [0.2, 0.25) is 0 Å². The Morgan fingerprint density at radius 2 is 2.00 bits per heavy atom. The summed E-state index contributed by atoms with van der Waals surface area (Å²) in [4.78, 5) is 16.3. The maximum absolute atomic E-state index is 13.2. The van der Waals surface area contributed by atoms with Gasteiger partial charge in [-0.2, -0.15) is 5.26 Å². The minimum Gasteiger partial charge on any atom is -0.384 e. The molecule has 0 aromatic heterocycles. The lowest BCUT2D eigenvalue weighted by Crippen LogP contribution is -2.43. The number of thioether (sulfide) groups is 1. The molecule has 28 heavy (non-hydrogen) atoms. The zero-order valence-corrected chi connectivity index (χ0v) is 17.7. The third kappa shape index (κ3) is 3.69. The van der Waals surface area contributed by atoms with Crippen molar-refractivity contribution in [3.63, 3.8) is 0 Å². The largest absolute Gasteiger partial charge is 0.384 e. The molecule has 148 valence electrons. The highest BCUT2D eigenvalue weighted by Crippen LogP contribution is 2.48. The molecule has 3 rings (SSSR count). The third-order valence-corrected chi connectivity index (χ3v) is 6.20. The number of carbonyl (C=O) groups excluding carboxylic acids is 1. The van der Waals surface area contributed by atoms with Crippen LogP contribution in [0.4, 0.5) is 0 Å². The molecule has 0 spiro atoms. The minimum atomic E-state index is -0.404. The minimum absolute atomic E-state index is 0.104. The number of nitrogens with zero attached hydrogens (tertiary/aromatic N) is 2. The van der Waals surface area contributed by atoms with Crippen molar-refractivity contribution in [2.24, 2.45) is 11.1 Å². The maximum atomic E-state index is 13.2. The molecule has 0 bridgehead atoms. The van der Waals surface area contributed by atoms with Gasteiger partial charge in [0.05, 0.1) is 24.2 Å². The van der Waals surface area contributed by atoms with Gasteiger partial charge in [-0.05, 0) is 35.8 Å². The van der Waals surface area contributed by atoms with Gasteiger partial charge in [0.25, 0.3) is 0 Å². The van der Waals surface area contributed by atoms with Gasteiger partial charge in [-0.25, -0.2) is 0 Å². The quantitative estimate of drug-likeness (QED) is 0.762. The van der Waals surface area contributed by atoms with E-state index >= 15 is 0 Å². The Labute approximate surface area is 171 Å². The Kier molecular flexibility index (Phi) is 5.87. The van der Waals surface area contributed by atoms with Crippen LogP contribution in [0, 0.1) is 16.7 Å². The Morgan fingerprint density at radius 1 is 1.32 bits per heavy atom. The summed E-state index contributed by atoms with van der Waals surface area (Å²) in [6.07, 6.45) is 3.24. The van der Waals surface area contributed by atoms with Crippen molar-refractivity contribution < 1.29 is 9.53 Å². The Hall–Kier alpha value is -2.23. The van der Waals surface area contributed by atoms with Crippen LogP contribution in [0.25, 0.3) is 0 Å². The average molecular weight is 398 g/mol. The number of Topliss-reactive ketones (excluding diaryl/α,β-unsaturated/α-hetero) is 1. The van der Waals surface area contributed by atoms with Crippen LogP contribution in [0.2, 0.25) is 0 Å². The summed E-state index contributed by atoms with van der Waals surface area (Å²) in [7, 11) is 1.64. The molecule has 2 aliphatic rings. The number of carbonyl (C=O) groups is 1. The first kappa shape index (κ1) is 20.5. The molecule has 1 heterocycles. The Bertz CT molecular complexity index is 878. The predicted molar refractivity (Wildman–Crippen MR) is 111 cm³/mol. The number of rotatable bonds is 5. The van der Waals surface area contributed by atoms with Crippen molar-refractivity contribution in [3.8, 4) is 6.07 Å². The second-order valence-corrected chi connectivity index (χ2v) is 8.94. The van der Waals surface area contributed by atoms with Gasteiger partial charge in [0.1, 0.15) is 5.82 Å². The number of ether oxygens (including phenoxy) is 1. The van der Waals surface area contributed by atoms with Crippen LogP contribution in [0.5, 0.6) is 0 Å². The van der Waals surface area contributed by atoms with E-state index in [2.05, 4.69) is 19.9 Å². The maximum Gasteiger partial charge on any atom is 0.162 e. The lowest BCUT2D eigenvalue weighted by atomic mass is 9.68. The van der Waals surface area contributed by atoms with Crippen molar-refractivity contribution in [2.75, 3.05) is 26.5 Å². The molecule has 1 atom stereocenters. The van der Waals surface area contributed by atoms with Crippen molar-refractivity contribution in [2.45, 2.75) is 37.5 Å². The van der Waals surface area contributed by atoms with Crippen LogP contribution in [0.15, 0.2) is 51.8 Å². The standard InChI is InChI=1S/C22H27N3O2S/c1-22(2)11-17-20(18(26)12-22)19(14-5-7-15(28-4)8-6-14)16(13-23)21(24)25(17)9-10-27-3/h5-8,19H,9-12,24H2,1-4H3/t19-/m1/s1. The first-order valence-corrected chi connectivity index (χ1v) is 10.6. The SMILES string of the molecule is COCCN1C(N)=C(C#N)[C@@H](c2ccc(SC)cc2)C2=C1CC(C)(C)CC2=O. The highest BCUT2D eigenvalue weighted by molar-refractivity contribution is 7.98. The highest BCUT2D eigenvalue weighted by Gasteiger charge is 2.44. The second kappa shape index (κ2) is 8.02. The number of ketones is 1. The van der Waals surface area contributed by atoms with Gasteiger partial charge >= 0.3 is 0 Å². The molecule has 0 radical (unpaired) electrons. The van der Waals surface area contributed by atoms with Crippen LogP contribution < -0.4 is 5.73 Å². The molecule has 1 aromatic carbocycles. The van der Waals surface area contributed by atoms with Crippen molar-refractivity contribution in [1.29, 1.82) is 5.26 Å². The van der Waals surface area contributed by atoms with E-state index in [0.717, 1.165) is 28.1 Å². The molecule has 2 N–H and O–H groups in total. The second-order valence-electron chi connectivity index (χ2n) is 8.06. The van der Waals surface area contributed by atoms with E-state index in [1.807, 2.05) is 35.4 Å². The molecule has 0 fully saturated rings. The first-order valence-electron chi connectivity index (χ1n) is 9.39. The number of nitrogens with two attached hydrogens (primary N) is 1. The van der Waals surface area contributed by atoms with E-state index in [0.29, 0.717) is 31.0 Å². The van der Waals surface area contributed by atoms with E-state index in [1.165, 1.54) is 0 Å². The van der Waals surface area contributed by atoms with Crippen molar-refractivity contribution >= 4 is 17.5 Å². The topological polar surface area (TPSA) is 79.3 Å². The van der Waals surface area contributed by atoms with Crippen LogP contribution in [-0.2, 0) is 9.53 Å². The number of allylic oxidation sites excluding steroid dienone is 3. The van der Waals surface area contributed by atoms with E-state index in [-0.39, 0.29) is 11.2 Å². The lowest BCUT2D eigenvalue weighted by Gasteiger charge is -2.43. The fraction of sp³-hybridized carbons (Fsp3) is 0.455. The molecule has 0 saturated heterocycles. The van der Waals surface area contributed by atoms with Gasteiger partial charge in [-0.3, -0.25) is 4.79 Å². The van der Waals surface area contributed by atoms with Gasteiger partial charge in [0.15, 0.2) is 5.78 Å². The zero-order valence-electron chi connectivity index (χ0n) is 16.9. The van der Waals surface area contributed by atoms with Crippen LogP contribution in [-0.4, -0.2) is 37.2 Å². The fourth-order valence-electron chi connectivity index (χ4n) is 4.14.